The predicted molar refractivity (Wildman–Crippen MR) is 93.6 cm³/mol. The minimum atomic E-state index is -4.66. The molecule has 8 heteroatoms. The molecule has 144 valence electrons. The predicted octanol–water partition coefficient (Wildman–Crippen LogP) is 4.86. The van der Waals surface area contributed by atoms with Gasteiger partial charge >= 0.3 is 6.18 Å². The minimum Gasteiger partial charge on any atom is -0.290 e. The SMILES string of the molecule is CCC(=O)C(=O)c1ccc(-n2nc(C(F)(F)F)cc2-c2ccc(F)cc2)cc1. The summed E-state index contributed by atoms with van der Waals surface area (Å²) in [5, 5.41) is 3.62. The average Bonchev–Trinajstić information content (AvgIpc) is 3.13. The Kier molecular flexibility index (Phi) is 5.13. The number of aromatic nitrogens is 2. The molecule has 0 fully saturated rings. The quantitative estimate of drug-likeness (QED) is 0.355. The molecule has 0 N–H and O–H groups in total. The summed E-state index contributed by atoms with van der Waals surface area (Å²) >= 11 is 0. The van der Waals surface area contributed by atoms with E-state index in [1.165, 1.54) is 36.4 Å². The van der Waals surface area contributed by atoms with Crippen LogP contribution in [0.15, 0.2) is 54.6 Å². The molecule has 0 aliphatic carbocycles. The first-order valence-electron chi connectivity index (χ1n) is 8.32. The molecular formula is C20H14F4N2O2. The van der Waals surface area contributed by atoms with Gasteiger partial charge in [0.05, 0.1) is 11.4 Å². The standard InChI is InChI=1S/C20H14F4N2O2/c1-2-17(27)19(28)13-5-9-15(10-6-13)26-16(11-18(25-26)20(22,23)24)12-3-7-14(21)8-4-12/h3-11H,2H2,1H3. The summed E-state index contributed by atoms with van der Waals surface area (Å²) in [4.78, 5) is 23.4. The third-order valence-electron chi connectivity index (χ3n) is 4.09. The van der Waals surface area contributed by atoms with Crippen molar-refractivity contribution in [2.75, 3.05) is 0 Å². The second-order valence-electron chi connectivity index (χ2n) is 5.98. The van der Waals surface area contributed by atoms with Crippen LogP contribution in [0.1, 0.15) is 29.4 Å². The van der Waals surface area contributed by atoms with E-state index in [9.17, 15) is 27.2 Å². The molecule has 0 spiro atoms. The second kappa shape index (κ2) is 7.38. The van der Waals surface area contributed by atoms with E-state index in [0.29, 0.717) is 5.56 Å². The maximum Gasteiger partial charge on any atom is 0.435 e. The Bertz CT molecular complexity index is 1020. The number of Topliss-reactive ketones (excluding diaryl/α,β-unsaturated/α-hetero) is 2. The highest BCUT2D eigenvalue weighted by molar-refractivity contribution is 6.43. The molecule has 0 aliphatic rings. The van der Waals surface area contributed by atoms with Gasteiger partial charge in [-0.05, 0) is 54.6 Å². The summed E-state index contributed by atoms with van der Waals surface area (Å²) in [7, 11) is 0. The van der Waals surface area contributed by atoms with Gasteiger partial charge in [0.1, 0.15) is 5.82 Å². The van der Waals surface area contributed by atoms with E-state index in [4.69, 9.17) is 0 Å². The largest absolute Gasteiger partial charge is 0.435 e. The van der Waals surface area contributed by atoms with Gasteiger partial charge in [-0.2, -0.15) is 18.3 Å². The number of halogens is 4. The first kappa shape index (κ1) is 19.5. The molecule has 0 bridgehead atoms. The van der Waals surface area contributed by atoms with Crippen molar-refractivity contribution in [3.05, 3.63) is 71.7 Å². The summed E-state index contributed by atoms with van der Waals surface area (Å²) < 4.78 is 53.7. The van der Waals surface area contributed by atoms with Gasteiger partial charge in [-0.3, -0.25) is 9.59 Å². The fourth-order valence-corrected chi connectivity index (χ4v) is 2.62. The highest BCUT2D eigenvalue weighted by Gasteiger charge is 2.35. The van der Waals surface area contributed by atoms with E-state index in [2.05, 4.69) is 5.10 Å². The van der Waals surface area contributed by atoms with Gasteiger partial charge in [0.2, 0.25) is 11.6 Å². The van der Waals surface area contributed by atoms with Crippen molar-refractivity contribution < 1.29 is 27.2 Å². The van der Waals surface area contributed by atoms with Crippen LogP contribution in [0.25, 0.3) is 16.9 Å². The Morgan fingerprint density at radius 1 is 1.00 bits per heavy atom. The summed E-state index contributed by atoms with van der Waals surface area (Å²) in [6.45, 7) is 1.56. The number of alkyl halides is 3. The molecular weight excluding hydrogens is 376 g/mol. The number of hydrogen-bond acceptors (Lipinski definition) is 3. The van der Waals surface area contributed by atoms with Gasteiger partial charge in [0.25, 0.3) is 0 Å². The maximum absolute atomic E-state index is 13.2. The zero-order valence-corrected chi connectivity index (χ0v) is 14.6. The van der Waals surface area contributed by atoms with Gasteiger partial charge in [-0.1, -0.05) is 6.92 Å². The molecule has 0 radical (unpaired) electrons. The third-order valence-corrected chi connectivity index (χ3v) is 4.09. The lowest BCUT2D eigenvalue weighted by Gasteiger charge is -2.08. The van der Waals surface area contributed by atoms with Gasteiger partial charge in [0.15, 0.2) is 5.69 Å². The number of rotatable bonds is 5. The number of nitrogens with zero attached hydrogens (tertiary/aromatic N) is 2. The highest BCUT2D eigenvalue weighted by Crippen LogP contribution is 2.33. The molecule has 2 aromatic carbocycles. The summed E-state index contributed by atoms with van der Waals surface area (Å²) in [6.07, 6.45) is -4.60. The number of carbonyl (C=O) groups excluding carboxylic acids is 2. The van der Waals surface area contributed by atoms with Crippen molar-refractivity contribution in [2.45, 2.75) is 19.5 Å². The van der Waals surface area contributed by atoms with Crippen LogP contribution in [0, 0.1) is 5.82 Å². The van der Waals surface area contributed by atoms with E-state index in [0.717, 1.165) is 22.9 Å². The van der Waals surface area contributed by atoms with Crippen molar-refractivity contribution in [2.24, 2.45) is 0 Å². The molecule has 4 nitrogen and oxygen atoms in total. The normalized spacial score (nSPS) is 11.5. The molecule has 0 amide bonds. The topological polar surface area (TPSA) is 52.0 Å². The number of carbonyl (C=O) groups is 2. The molecule has 1 aromatic heterocycles. The molecule has 3 rings (SSSR count). The summed E-state index contributed by atoms with van der Waals surface area (Å²) in [5.74, 6) is -1.74. The van der Waals surface area contributed by atoms with Crippen LogP contribution < -0.4 is 0 Å². The monoisotopic (exact) mass is 390 g/mol. The Morgan fingerprint density at radius 3 is 2.14 bits per heavy atom. The van der Waals surface area contributed by atoms with Crippen molar-refractivity contribution in [3.8, 4) is 16.9 Å². The molecule has 0 saturated carbocycles. The molecule has 1 heterocycles. The Morgan fingerprint density at radius 2 is 1.61 bits per heavy atom. The van der Waals surface area contributed by atoms with Crippen molar-refractivity contribution in [3.63, 3.8) is 0 Å². The number of ketones is 2. The molecule has 0 unspecified atom stereocenters. The van der Waals surface area contributed by atoms with E-state index < -0.39 is 29.3 Å². The Hall–Kier alpha value is -3.29. The first-order valence-corrected chi connectivity index (χ1v) is 8.32. The van der Waals surface area contributed by atoms with Crippen LogP contribution in [0.4, 0.5) is 17.6 Å². The minimum absolute atomic E-state index is 0.0589. The van der Waals surface area contributed by atoms with Crippen LogP contribution in [-0.2, 0) is 11.0 Å². The zero-order chi connectivity index (χ0) is 20.5. The molecule has 3 aromatic rings. The first-order chi connectivity index (χ1) is 13.2. The van der Waals surface area contributed by atoms with Crippen molar-refractivity contribution in [1.82, 2.24) is 9.78 Å². The number of hydrogen-bond donors (Lipinski definition) is 0. The molecule has 0 atom stereocenters. The zero-order valence-electron chi connectivity index (χ0n) is 14.6. The van der Waals surface area contributed by atoms with Crippen LogP contribution in [0.3, 0.4) is 0 Å². The molecule has 28 heavy (non-hydrogen) atoms. The lowest BCUT2D eigenvalue weighted by molar-refractivity contribution is -0.141. The molecule has 0 aliphatic heterocycles. The van der Waals surface area contributed by atoms with Crippen LogP contribution >= 0.6 is 0 Å². The van der Waals surface area contributed by atoms with Crippen molar-refractivity contribution >= 4 is 11.6 Å². The Balaban J connectivity index is 2.07. The third kappa shape index (κ3) is 3.85. The second-order valence-corrected chi connectivity index (χ2v) is 5.98. The lowest BCUT2D eigenvalue weighted by Crippen LogP contribution is -2.12. The maximum atomic E-state index is 13.2. The smallest absolute Gasteiger partial charge is 0.290 e. The lowest BCUT2D eigenvalue weighted by atomic mass is 10.1. The van der Waals surface area contributed by atoms with E-state index in [1.807, 2.05) is 0 Å². The van der Waals surface area contributed by atoms with Crippen molar-refractivity contribution in [1.29, 1.82) is 0 Å². The Labute approximate surface area is 157 Å². The fourth-order valence-electron chi connectivity index (χ4n) is 2.62. The van der Waals surface area contributed by atoms with E-state index in [-0.39, 0.29) is 23.4 Å². The molecule has 0 saturated heterocycles. The van der Waals surface area contributed by atoms with Crippen LogP contribution in [0.2, 0.25) is 0 Å². The summed E-state index contributed by atoms with van der Waals surface area (Å²) in [6, 6.07) is 11.3. The van der Waals surface area contributed by atoms with Gasteiger partial charge in [0, 0.05) is 17.5 Å². The van der Waals surface area contributed by atoms with Crippen LogP contribution in [0.5, 0.6) is 0 Å². The fraction of sp³-hybridized carbons (Fsp3) is 0.150. The van der Waals surface area contributed by atoms with Crippen LogP contribution in [-0.4, -0.2) is 21.3 Å². The van der Waals surface area contributed by atoms with E-state index >= 15 is 0 Å². The summed E-state index contributed by atoms with van der Waals surface area (Å²) in [5.41, 5.74) is -0.257. The number of benzene rings is 2. The van der Waals surface area contributed by atoms with Gasteiger partial charge in [-0.25, -0.2) is 9.07 Å². The van der Waals surface area contributed by atoms with E-state index in [1.54, 1.807) is 6.92 Å². The average molecular weight is 390 g/mol. The van der Waals surface area contributed by atoms with Gasteiger partial charge < -0.3 is 0 Å². The van der Waals surface area contributed by atoms with Gasteiger partial charge in [-0.15, -0.1) is 0 Å². The highest BCUT2D eigenvalue weighted by atomic mass is 19.4.